The van der Waals surface area contributed by atoms with Crippen LogP contribution in [-0.2, 0) is 0 Å². The number of benzene rings is 1. The maximum Gasteiger partial charge on any atom is 0.207 e. The highest BCUT2D eigenvalue weighted by atomic mass is 16.6. The molecule has 0 saturated heterocycles. The fourth-order valence-corrected chi connectivity index (χ4v) is 1.63. The SMILES string of the molecule is CCOc1ccc(OCCO)c(OCCO)c1OCC. The van der Waals surface area contributed by atoms with Crippen molar-refractivity contribution in [2.24, 2.45) is 0 Å². The van der Waals surface area contributed by atoms with Crippen LogP contribution < -0.4 is 18.9 Å². The molecule has 6 heteroatoms. The van der Waals surface area contributed by atoms with Crippen LogP contribution in [0.1, 0.15) is 13.8 Å². The predicted octanol–water partition coefficient (Wildman–Crippen LogP) is 1.23. The van der Waals surface area contributed by atoms with E-state index in [0.717, 1.165) is 0 Å². The van der Waals surface area contributed by atoms with E-state index < -0.39 is 0 Å². The van der Waals surface area contributed by atoms with Gasteiger partial charge in [0.25, 0.3) is 0 Å². The van der Waals surface area contributed by atoms with E-state index in [0.29, 0.717) is 36.2 Å². The molecule has 0 aliphatic heterocycles. The summed E-state index contributed by atoms with van der Waals surface area (Å²) in [7, 11) is 0. The fraction of sp³-hybridized carbons (Fsp3) is 0.571. The highest BCUT2D eigenvalue weighted by Gasteiger charge is 2.18. The number of hydrogen-bond acceptors (Lipinski definition) is 6. The van der Waals surface area contributed by atoms with Crippen LogP contribution in [0, 0.1) is 0 Å². The molecule has 2 N–H and O–H groups in total. The van der Waals surface area contributed by atoms with Crippen molar-refractivity contribution in [1.29, 1.82) is 0 Å². The van der Waals surface area contributed by atoms with Crippen molar-refractivity contribution in [2.45, 2.75) is 13.8 Å². The molecule has 1 aromatic carbocycles. The van der Waals surface area contributed by atoms with E-state index in [-0.39, 0.29) is 26.4 Å². The molecule has 114 valence electrons. The lowest BCUT2D eigenvalue weighted by molar-refractivity contribution is 0.170. The zero-order valence-electron chi connectivity index (χ0n) is 11.9. The molecule has 0 aliphatic rings. The average molecular weight is 286 g/mol. The van der Waals surface area contributed by atoms with Crippen LogP contribution >= 0.6 is 0 Å². The van der Waals surface area contributed by atoms with Crippen molar-refractivity contribution in [1.82, 2.24) is 0 Å². The van der Waals surface area contributed by atoms with Gasteiger partial charge in [-0.15, -0.1) is 0 Å². The van der Waals surface area contributed by atoms with Gasteiger partial charge in [0.1, 0.15) is 13.2 Å². The van der Waals surface area contributed by atoms with Crippen LogP contribution in [0.2, 0.25) is 0 Å². The van der Waals surface area contributed by atoms with Gasteiger partial charge in [0.05, 0.1) is 26.4 Å². The van der Waals surface area contributed by atoms with Gasteiger partial charge in [-0.3, -0.25) is 0 Å². The molecule has 0 heterocycles. The molecular formula is C14H22O6. The molecule has 0 aliphatic carbocycles. The summed E-state index contributed by atoms with van der Waals surface area (Å²) in [5.74, 6) is 1.82. The third kappa shape index (κ3) is 4.47. The first-order valence-electron chi connectivity index (χ1n) is 6.68. The van der Waals surface area contributed by atoms with Crippen LogP contribution in [0.15, 0.2) is 12.1 Å². The molecule has 1 aromatic rings. The summed E-state index contributed by atoms with van der Waals surface area (Å²) in [6.45, 7) is 4.71. The molecule has 1 rings (SSSR count). The lowest BCUT2D eigenvalue weighted by Crippen LogP contribution is -2.09. The molecular weight excluding hydrogens is 264 g/mol. The molecule has 6 nitrogen and oxygen atoms in total. The molecule has 0 spiro atoms. The van der Waals surface area contributed by atoms with Gasteiger partial charge in [-0.25, -0.2) is 0 Å². The maximum atomic E-state index is 8.91. The first-order valence-corrected chi connectivity index (χ1v) is 6.68. The fourth-order valence-electron chi connectivity index (χ4n) is 1.63. The van der Waals surface area contributed by atoms with Crippen LogP contribution in [0.4, 0.5) is 0 Å². The molecule has 20 heavy (non-hydrogen) atoms. The number of hydrogen-bond donors (Lipinski definition) is 2. The predicted molar refractivity (Wildman–Crippen MR) is 73.9 cm³/mol. The van der Waals surface area contributed by atoms with Crippen molar-refractivity contribution in [2.75, 3.05) is 39.6 Å². The summed E-state index contributed by atoms with van der Waals surface area (Å²) in [6, 6.07) is 3.42. The highest BCUT2D eigenvalue weighted by molar-refractivity contribution is 5.59. The minimum atomic E-state index is -0.121. The summed E-state index contributed by atoms with van der Waals surface area (Å²) < 4.78 is 22.0. The van der Waals surface area contributed by atoms with E-state index in [1.54, 1.807) is 12.1 Å². The molecule has 0 saturated carbocycles. The van der Waals surface area contributed by atoms with Crippen molar-refractivity contribution in [3.63, 3.8) is 0 Å². The smallest absolute Gasteiger partial charge is 0.207 e. The molecule has 0 bridgehead atoms. The normalized spacial score (nSPS) is 10.2. The van der Waals surface area contributed by atoms with E-state index in [1.807, 2.05) is 13.8 Å². The standard InChI is InChI=1S/C14H22O6/c1-3-17-11-5-6-12(19-9-7-15)14(20-10-8-16)13(11)18-4-2/h5-6,15-16H,3-4,7-10H2,1-2H3. The van der Waals surface area contributed by atoms with Gasteiger partial charge in [-0.2, -0.15) is 0 Å². The van der Waals surface area contributed by atoms with E-state index in [1.165, 1.54) is 0 Å². The Morgan fingerprint density at radius 2 is 1.25 bits per heavy atom. The number of aliphatic hydroxyl groups excluding tert-OH is 2. The van der Waals surface area contributed by atoms with Crippen molar-refractivity contribution in [3.8, 4) is 23.0 Å². The van der Waals surface area contributed by atoms with E-state index in [9.17, 15) is 0 Å². The largest absolute Gasteiger partial charge is 0.490 e. The Kier molecular flexibility index (Phi) is 7.60. The highest BCUT2D eigenvalue weighted by Crippen LogP contribution is 2.44. The second kappa shape index (κ2) is 9.28. The Bertz CT molecular complexity index is 393. The zero-order valence-corrected chi connectivity index (χ0v) is 11.9. The minimum Gasteiger partial charge on any atom is -0.490 e. The zero-order chi connectivity index (χ0) is 14.8. The topological polar surface area (TPSA) is 77.4 Å². The Labute approximate surface area is 118 Å². The number of rotatable bonds is 10. The molecule has 0 aromatic heterocycles. The average Bonchev–Trinajstić information content (AvgIpc) is 2.46. The lowest BCUT2D eigenvalue weighted by Gasteiger charge is -2.18. The lowest BCUT2D eigenvalue weighted by atomic mass is 10.2. The minimum absolute atomic E-state index is 0.101. The summed E-state index contributed by atoms with van der Waals surface area (Å²) in [5, 5.41) is 17.8. The van der Waals surface area contributed by atoms with Crippen LogP contribution in [-0.4, -0.2) is 49.9 Å². The van der Waals surface area contributed by atoms with Crippen LogP contribution in [0.25, 0.3) is 0 Å². The number of aliphatic hydroxyl groups is 2. The molecule has 0 radical (unpaired) electrons. The Hall–Kier alpha value is -1.66. The summed E-state index contributed by atoms with van der Waals surface area (Å²) in [6.07, 6.45) is 0. The number of ether oxygens (including phenoxy) is 4. The quantitative estimate of drug-likeness (QED) is 0.673. The summed E-state index contributed by atoms with van der Waals surface area (Å²) in [5.41, 5.74) is 0. The van der Waals surface area contributed by atoms with E-state index in [4.69, 9.17) is 29.2 Å². The third-order valence-electron chi connectivity index (χ3n) is 2.31. The first-order chi connectivity index (χ1) is 9.78. The molecule has 0 fully saturated rings. The van der Waals surface area contributed by atoms with Crippen molar-refractivity contribution in [3.05, 3.63) is 12.1 Å². The Morgan fingerprint density at radius 1 is 0.750 bits per heavy atom. The second-order valence-corrected chi connectivity index (χ2v) is 3.73. The summed E-state index contributed by atoms with van der Waals surface area (Å²) >= 11 is 0. The Balaban J connectivity index is 3.12. The van der Waals surface area contributed by atoms with Gasteiger partial charge in [0.2, 0.25) is 11.5 Å². The van der Waals surface area contributed by atoms with Crippen molar-refractivity contribution < 1.29 is 29.2 Å². The summed E-state index contributed by atoms with van der Waals surface area (Å²) in [4.78, 5) is 0. The van der Waals surface area contributed by atoms with E-state index in [2.05, 4.69) is 0 Å². The maximum absolute atomic E-state index is 8.91. The molecule has 0 unspecified atom stereocenters. The van der Waals surface area contributed by atoms with Gasteiger partial charge in [-0.1, -0.05) is 0 Å². The third-order valence-corrected chi connectivity index (χ3v) is 2.31. The van der Waals surface area contributed by atoms with Gasteiger partial charge in [-0.05, 0) is 26.0 Å². The van der Waals surface area contributed by atoms with Gasteiger partial charge in [0.15, 0.2) is 11.5 Å². The Morgan fingerprint density at radius 3 is 1.80 bits per heavy atom. The second-order valence-electron chi connectivity index (χ2n) is 3.73. The monoisotopic (exact) mass is 286 g/mol. The van der Waals surface area contributed by atoms with Crippen LogP contribution in [0.5, 0.6) is 23.0 Å². The molecule has 0 atom stereocenters. The van der Waals surface area contributed by atoms with Gasteiger partial charge in [0, 0.05) is 0 Å². The van der Waals surface area contributed by atoms with Crippen LogP contribution in [0.3, 0.4) is 0 Å². The molecule has 0 amide bonds. The van der Waals surface area contributed by atoms with E-state index >= 15 is 0 Å². The van der Waals surface area contributed by atoms with Crippen molar-refractivity contribution >= 4 is 0 Å². The van der Waals surface area contributed by atoms with Gasteiger partial charge >= 0.3 is 0 Å². The first kappa shape index (κ1) is 16.4. The van der Waals surface area contributed by atoms with Gasteiger partial charge < -0.3 is 29.2 Å².